The first-order valence-corrected chi connectivity index (χ1v) is 9.54. The Morgan fingerprint density at radius 2 is 1.68 bits per heavy atom. The van der Waals surface area contributed by atoms with Crippen molar-refractivity contribution in [3.05, 3.63) is 99.6 Å². The van der Waals surface area contributed by atoms with Crippen molar-refractivity contribution >= 4 is 28.7 Å². The molecule has 4 rings (SSSR count). The van der Waals surface area contributed by atoms with E-state index < -0.39 is 10.7 Å². The minimum Gasteiger partial charge on any atom is -0.305 e. The van der Waals surface area contributed by atoms with Crippen molar-refractivity contribution in [1.82, 2.24) is 0 Å². The number of nitro benzene ring substituents is 1. The highest BCUT2D eigenvalue weighted by Gasteiger charge is 2.32. The molecule has 0 saturated heterocycles. The molecule has 156 valence electrons. The molecule has 1 aliphatic heterocycles. The highest BCUT2D eigenvalue weighted by atomic mass is 19.1. The Balaban J connectivity index is 1.75. The van der Waals surface area contributed by atoms with Crippen molar-refractivity contribution < 1.29 is 18.5 Å². The average Bonchev–Trinajstić information content (AvgIpc) is 2.75. The third kappa shape index (κ3) is 4.05. The van der Waals surface area contributed by atoms with Crippen LogP contribution in [0.15, 0.2) is 71.7 Å². The summed E-state index contributed by atoms with van der Waals surface area (Å²) in [6.07, 6.45) is 0.354. The highest BCUT2D eigenvalue weighted by Crippen LogP contribution is 2.34. The summed E-state index contributed by atoms with van der Waals surface area (Å²) in [6.45, 7) is 1.84. The van der Waals surface area contributed by atoms with Crippen LogP contribution in [0, 0.1) is 21.7 Å². The Kier molecular flexibility index (Phi) is 5.29. The zero-order valence-electron chi connectivity index (χ0n) is 16.5. The second-order valence-corrected chi connectivity index (χ2v) is 7.23. The lowest BCUT2D eigenvalue weighted by Crippen LogP contribution is -2.44. The fourth-order valence-electron chi connectivity index (χ4n) is 3.62. The normalized spacial score (nSPS) is 16.8. The molecule has 0 bridgehead atoms. The third-order valence-electron chi connectivity index (χ3n) is 5.09. The number of fused-ring (bicyclic) bond motifs is 1. The fourth-order valence-corrected chi connectivity index (χ4v) is 3.62. The quantitative estimate of drug-likeness (QED) is 0.418. The zero-order valence-corrected chi connectivity index (χ0v) is 16.5. The van der Waals surface area contributed by atoms with E-state index >= 15 is 0 Å². The Morgan fingerprint density at radius 3 is 2.32 bits per heavy atom. The maximum absolute atomic E-state index is 14.1. The average molecular weight is 421 g/mol. The van der Waals surface area contributed by atoms with Gasteiger partial charge in [0.05, 0.1) is 22.0 Å². The van der Waals surface area contributed by atoms with Gasteiger partial charge in [-0.3, -0.25) is 19.9 Å². The predicted octanol–water partition coefficient (Wildman–Crippen LogP) is 5.43. The first kappa shape index (κ1) is 20.3. The molecule has 0 spiro atoms. The maximum Gasteiger partial charge on any atom is 0.269 e. The molecule has 1 heterocycles. The van der Waals surface area contributed by atoms with E-state index in [1.54, 1.807) is 4.90 Å². The molecular weight excluding hydrogens is 404 g/mol. The summed E-state index contributed by atoms with van der Waals surface area (Å²) in [5.41, 5.74) is 2.24. The third-order valence-corrected chi connectivity index (χ3v) is 5.09. The zero-order chi connectivity index (χ0) is 22.1. The van der Waals surface area contributed by atoms with E-state index in [4.69, 9.17) is 0 Å². The lowest BCUT2D eigenvalue weighted by Gasteiger charge is -2.36. The Bertz CT molecular complexity index is 1190. The van der Waals surface area contributed by atoms with Crippen molar-refractivity contribution in [2.75, 3.05) is 4.90 Å². The Labute approximate surface area is 176 Å². The van der Waals surface area contributed by atoms with Crippen molar-refractivity contribution in [3.8, 4) is 0 Å². The van der Waals surface area contributed by atoms with Gasteiger partial charge in [0.25, 0.3) is 11.6 Å². The van der Waals surface area contributed by atoms with Crippen LogP contribution >= 0.6 is 0 Å². The molecule has 0 radical (unpaired) electrons. The minimum atomic E-state index is -0.534. The predicted molar refractivity (Wildman–Crippen MR) is 113 cm³/mol. The van der Waals surface area contributed by atoms with Gasteiger partial charge in [-0.15, -0.1) is 0 Å². The van der Waals surface area contributed by atoms with Gasteiger partial charge in [-0.05, 0) is 61.5 Å². The molecule has 1 atom stereocenters. The summed E-state index contributed by atoms with van der Waals surface area (Å²) in [4.78, 5) is 29.7. The number of nitro groups is 1. The van der Waals surface area contributed by atoms with E-state index in [9.17, 15) is 23.7 Å². The fraction of sp³-hybridized carbons (Fsp3) is 0.130. The van der Waals surface area contributed by atoms with Gasteiger partial charge in [0.15, 0.2) is 0 Å². The van der Waals surface area contributed by atoms with Gasteiger partial charge < -0.3 is 4.90 Å². The van der Waals surface area contributed by atoms with Crippen LogP contribution in [0.4, 0.5) is 25.8 Å². The van der Waals surface area contributed by atoms with Gasteiger partial charge in [-0.1, -0.05) is 0 Å². The van der Waals surface area contributed by atoms with Gasteiger partial charge in [0.2, 0.25) is 0 Å². The lowest BCUT2D eigenvalue weighted by atomic mass is 9.93. The second-order valence-electron chi connectivity index (χ2n) is 7.23. The molecule has 1 aliphatic rings. The van der Waals surface area contributed by atoms with E-state index in [-0.39, 0.29) is 29.0 Å². The standard InChI is InChI=1S/C23H17F2N3O3/c1-14-12-21(26-18-7-4-16(24)5-8-18)20-13-17(25)6-11-22(20)27(14)23(29)15-2-9-19(10-3-15)28(30)31/h2-11,13-14H,12H2,1H3. The molecule has 6 nitrogen and oxygen atoms in total. The SMILES string of the molecule is CC1CC(=Nc2ccc(F)cc2)c2cc(F)ccc2N1C(=O)c1ccc([N+](=O)[O-])cc1. The van der Waals surface area contributed by atoms with Crippen LogP contribution in [-0.4, -0.2) is 22.6 Å². The summed E-state index contributed by atoms with van der Waals surface area (Å²) in [5.74, 6) is -1.20. The molecule has 0 aromatic heterocycles. The Hall–Kier alpha value is -3.94. The number of rotatable bonds is 3. The molecule has 0 N–H and O–H groups in total. The number of hydrogen-bond donors (Lipinski definition) is 0. The van der Waals surface area contributed by atoms with Crippen LogP contribution in [0.5, 0.6) is 0 Å². The smallest absolute Gasteiger partial charge is 0.269 e. The Morgan fingerprint density at radius 1 is 1.03 bits per heavy atom. The molecule has 3 aromatic carbocycles. The number of amides is 1. The van der Waals surface area contributed by atoms with Crippen LogP contribution in [0.1, 0.15) is 29.3 Å². The second kappa shape index (κ2) is 8.06. The lowest BCUT2D eigenvalue weighted by molar-refractivity contribution is -0.384. The molecule has 0 fully saturated rings. The number of carbonyl (C=O) groups excluding carboxylic acids is 1. The molecule has 31 heavy (non-hydrogen) atoms. The summed E-state index contributed by atoms with van der Waals surface area (Å²) >= 11 is 0. The number of halogens is 2. The van der Waals surface area contributed by atoms with Gasteiger partial charge >= 0.3 is 0 Å². The number of benzene rings is 3. The number of carbonyl (C=O) groups is 1. The molecule has 1 unspecified atom stereocenters. The summed E-state index contributed by atoms with van der Waals surface area (Å²) < 4.78 is 27.3. The van der Waals surface area contributed by atoms with Gasteiger partial charge in [-0.25, -0.2) is 8.78 Å². The van der Waals surface area contributed by atoms with Crippen molar-refractivity contribution in [2.45, 2.75) is 19.4 Å². The van der Waals surface area contributed by atoms with E-state index in [0.29, 0.717) is 29.1 Å². The van der Waals surface area contributed by atoms with Crippen molar-refractivity contribution in [3.63, 3.8) is 0 Å². The molecule has 3 aromatic rings. The van der Waals surface area contributed by atoms with E-state index in [2.05, 4.69) is 4.99 Å². The van der Waals surface area contributed by atoms with Crippen LogP contribution in [0.25, 0.3) is 0 Å². The molecule has 1 amide bonds. The van der Waals surface area contributed by atoms with Crippen molar-refractivity contribution in [1.29, 1.82) is 0 Å². The first-order valence-electron chi connectivity index (χ1n) is 9.54. The van der Waals surface area contributed by atoms with Gasteiger partial charge in [-0.2, -0.15) is 0 Å². The molecule has 0 aliphatic carbocycles. The maximum atomic E-state index is 14.1. The number of anilines is 1. The number of nitrogens with zero attached hydrogens (tertiary/aromatic N) is 3. The topological polar surface area (TPSA) is 75.8 Å². The summed E-state index contributed by atoms with van der Waals surface area (Å²) in [7, 11) is 0. The van der Waals surface area contributed by atoms with Crippen LogP contribution in [0.3, 0.4) is 0 Å². The van der Waals surface area contributed by atoms with E-state index in [1.807, 2.05) is 6.92 Å². The number of aliphatic imine (C=N–C) groups is 1. The van der Waals surface area contributed by atoms with Crippen LogP contribution in [0.2, 0.25) is 0 Å². The number of hydrogen-bond acceptors (Lipinski definition) is 4. The monoisotopic (exact) mass is 421 g/mol. The van der Waals surface area contributed by atoms with Crippen LogP contribution in [-0.2, 0) is 0 Å². The van der Waals surface area contributed by atoms with Crippen molar-refractivity contribution in [2.24, 2.45) is 4.99 Å². The van der Waals surface area contributed by atoms with Gasteiger partial charge in [0.1, 0.15) is 11.6 Å². The highest BCUT2D eigenvalue weighted by molar-refractivity contribution is 6.16. The van der Waals surface area contributed by atoms with E-state index in [1.165, 1.54) is 66.7 Å². The first-order chi connectivity index (χ1) is 14.8. The molecular formula is C23H17F2N3O3. The minimum absolute atomic E-state index is 0.112. The summed E-state index contributed by atoms with van der Waals surface area (Å²) in [6, 6.07) is 14.8. The number of non-ortho nitro benzene ring substituents is 1. The van der Waals surface area contributed by atoms with Crippen LogP contribution < -0.4 is 4.90 Å². The van der Waals surface area contributed by atoms with E-state index in [0.717, 1.165) is 0 Å². The molecule has 8 heteroatoms. The molecule has 0 saturated carbocycles. The summed E-state index contributed by atoms with van der Waals surface area (Å²) in [5, 5.41) is 10.9. The largest absolute Gasteiger partial charge is 0.305 e. The van der Waals surface area contributed by atoms with Gasteiger partial charge in [0, 0.05) is 35.7 Å².